The number of aromatic nitrogens is 1. The summed E-state index contributed by atoms with van der Waals surface area (Å²) in [4.78, 5) is 15.9. The van der Waals surface area contributed by atoms with Crippen LogP contribution >= 0.6 is 0 Å². The number of pyridine rings is 1. The number of nitrogens with zero attached hydrogens (tertiary/aromatic N) is 1. The third-order valence-corrected chi connectivity index (χ3v) is 3.37. The van der Waals surface area contributed by atoms with Crippen molar-refractivity contribution in [2.45, 2.75) is 19.4 Å². The molecule has 0 bridgehead atoms. The molecule has 21 heavy (non-hydrogen) atoms. The zero-order chi connectivity index (χ0) is 14.7. The van der Waals surface area contributed by atoms with Crippen LogP contribution in [0.2, 0.25) is 0 Å². The molecule has 0 saturated heterocycles. The van der Waals surface area contributed by atoms with E-state index in [0.717, 1.165) is 18.4 Å². The summed E-state index contributed by atoms with van der Waals surface area (Å²) in [6, 6.07) is 9.95. The van der Waals surface area contributed by atoms with Crippen molar-refractivity contribution in [1.29, 1.82) is 0 Å². The molecule has 1 amide bonds. The minimum absolute atomic E-state index is 0.0730. The first-order chi connectivity index (χ1) is 10.2. The minimum Gasteiger partial charge on any atom is -0.366 e. The van der Waals surface area contributed by atoms with E-state index < -0.39 is 0 Å². The summed E-state index contributed by atoms with van der Waals surface area (Å²) in [5, 5.41) is 5.99. The summed E-state index contributed by atoms with van der Waals surface area (Å²) in [6.07, 6.45) is 3.60. The van der Waals surface area contributed by atoms with Crippen LogP contribution in [0.4, 0.5) is 15.9 Å². The second kappa shape index (κ2) is 5.91. The molecule has 5 heteroatoms. The van der Waals surface area contributed by atoms with Crippen LogP contribution in [0.15, 0.2) is 42.6 Å². The van der Waals surface area contributed by atoms with E-state index in [0.29, 0.717) is 18.1 Å². The van der Waals surface area contributed by atoms with Crippen molar-refractivity contribution in [2.75, 3.05) is 10.6 Å². The van der Waals surface area contributed by atoms with Gasteiger partial charge in [-0.15, -0.1) is 0 Å². The highest BCUT2D eigenvalue weighted by atomic mass is 19.1. The van der Waals surface area contributed by atoms with E-state index in [2.05, 4.69) is 15.6 Å². The lowest BCUT2D eigenvalue weighted by atomic mass is 10.2. The van der Waals surface area contributed by atoms with E-state index in [-0.39, 0.29) is 17.6 Å². The molecule has 0 unspecified atom stereocenters. The summed E-state index contributed by atoms with van der Waals surface area (Å²) >= 11 is 0. The Kier molecular flexibility index (Phi) is 3.81. The molecule has 3 rings (SSSR count). The number of amides is 1. The molecule has 0 spiro atoms. The quantitative estimate of drug-likeness (QED) is 0.887. The molecule has 1 fully saturated rings. The Morgan fingerprint density at radius 3 is 2.57 bits per heavy atom. The fraction of sp³-hybridized carbons (Fsp3) is 0.250. The monoisotopic (exact) mass is 285 g/mol. The van der Waals surface area contributed by atoms with Crippen molar-refractivity contribution in [2.24, 2.45) is 5.92 Å². The van der Waals surface area contributed by atoms with Crippen molar-refractivity contribution >= 4 is 17.4 Å². The summed E-state index contributed by atoms with van der Waals surface area (Å²) in [6.45, 7) is 0.570. The van der Waals surface area contributed by atoms with Gasteiger partial charge < -0.3 is 10.6 Å². The average molecular weight is 285 g/mol. The van der Waals surface area contributed by atoms with Crippen LogP contribution in [0.5, 0.6) is 0 Å². The number of hydrogen-bond acceptors (Lipinski definition) is 3. The van der Waals surface area contributed by atoms with Gasteiger partial charge in [-0.2, -0.15) is 0 Å². The molecule has 1 aromatic carbocycles. The van der Waals surface area contributed by atoms with Gasteiger partial charge in [-0.05, 0) is 42.7 Å². The molecule has 1 aromatic heterocycles. The van der Waals surface area contributed by atoms with Gasteiger partial charge in [-0.25, -0.2) is 9.37 Å². The van der Waals surface area contributed by atoms with Crippen molar-refractivity contribution in [3.05, 3.63) is 54.0 Å². The maximum Gasteiger partial charge on any atom is 0.227 e. The molecule has 2 aromatic rings. The molecule has 0 radical (unpaired) electrons. The van der Waals surface area contributed by atoms with Crippen LogP contribution in [0.1, 0.15) is 18.4 Å². The second-order valence-electron chi connectivity index (χ2n) is 5.18. The van der Waals surface area contributed by atoms with Crippen LogP contribution in [0.25, 0.3) is 0 Å². The fourth-order valence-electron chi connectivity index (χ4n) is 1.96. The van der Waals surface area contributed by atoms with Gasteiger partial charge in [0.25, 0.3) is 0 Å². The van der Waals surface area contributed by atoms with E-state index in [4.69, 9.17) is 0 Å². The highest BCUT2D eigenvalue weighted by Gasteiger charge is 2.29. The predicted molar refractivity (Wildman–Crippen MR) is 79.3 cm³/mol. The Bertz CT molecular complexity index is 621. The number of carbonyl (C=O) groups excluding carboxylic acids is 1. The van der Waals surface area contributed by atoms with Gasteiger partial charge in [-0.1, -0.05) is 12.1 Å². The van der Waals surface area contributed by atoms with E-state index in [1.165, 1.54) is 12.1 Å². The van der Waals surface area contributed by atoms with Crippen LogP contribution in [-0.4, -0.2) is 10.9 Å². The van der Waals surface area contributed by atoms with Crippen molar-refractivity contribution in [3.63, 3.8) is 0 Å². The van der Waals surface area contributed by atoms with Gasteiger partial charge in [0, 0.05) is 12.5 Å². The van der Waals surface area contributed by atoms with Gasteiger partial charge in [0.2, 0.25) is 5.91 Å². The lowest BCUT2D eigenvalue weighted by molar-refractivity contribution is -0.117. The highest BCUT2D eigenvalue weighted by molar-refractivity contribution is 5.93. The number of carbonyl (C=O) groups is 1. The molecular formula is C16H16FN3O. The summed E-state index contributed by atoms with van der Waals surface area (Å²) in [5.41, 5.74) is 1.68. The van der Waals surface area contributed by atoms with Gasteiger partial charge in [0.05, 0.1) is 11.9 Å². The van der Waals surface area contributed by atoms with Crippen LogP contribution in [0.3, 0.4) is 0 Å². The molecule has 1 aliphatic rings. The van der Waals surface area contributed by atoms with Gasteiger partial charge in [-0.3, -0.25) is 4.79 Å². The molecule has 1 heterocycles. The van der Waals surface area contributed by atoms with E-state index in [1.807, 2.05) is 12.1 Å². The average Bonchev–Trinajstić information content (AvgIpc) is 3.33. The summed E-state index contributed by atoms with van der Waals surface area (Å²) in [5.74, 6) is 0.724. The molecule has 2 N–H and O–H groups in total. The lowest BCUT2D eigenvalue weighted by Crippen LogP contribution is -2.13. The maximum absolute atomic E-state index is 12.8. The van der Waals surface area contributed by atoms with Crippen LogP contribution in [-0.2, 0) is 11.3 Å². The van der Waals surface area contributed by atoms with Crippen molar-refractivity contribution < 1.29 is 9.18 Å². The molecule has 4 nitrogen and oxygen atoms in total. The van der Waals surface area contributed by atoms with E-state index in [1.54, 1.807) is 18.3 Å². The Labute approximate surface area is 122 Å². The lowest BCUT2D eigenvalue weighted by Gasteiger charge is -2.07. The topological polar surface area (TPSA) is 54.0 Å². The molecule has 1 aliphatic carbocycles. The number of benzene rings is 1. The number of hydrogen-bond donors (Lipinski definition) is 2. The molecular weight excluding hydrogens is 269 g/mol. The number of halogens is 1. The largest absolute Gasteiger partial charge is 0.366 e. The van der Waals surface area contributed by atoms with Gasteiger partial charge in [0.15, 0.2) is 0 Å². The molecule has 0 atom stereocenters. The number of rotatable bonds is 5. The Morgan fingerprint density at radius 1 is 1.19 bits per heavy atom. The number of anilines is 2. The first-order valence-electron chi connectivity index (χ1n) is 6.96. The predicted octanol–water partition coefficient (Wildman–Crippen LogP) is 3.18. The third-order valence-electron chi connectivity index (χ3n) is 3.37. The maximum atomic E-state index is 12.8. The smallest absolute Gasteiger partial charge is 0.227 e. The zero-order valence-corrected chi connectivity index (χ0v) is 11.5. The Balaban J connectivity index is 1.54. The van der Waals surface area contributed by atoms with E-state index in [9.17, 15) is 9.18 Å². The Morgan fingerprint density at radius 2 is 1.95 bits per heavy atom. The standard InChI is InChI=1S/C16H16FN3O/c17-13-5-1-11(2-6-13)9-18-15-8-7-14(10-19-15)20-16(21)12-3-4-12/h1-2,5-8,10,12H,3-4,9H2,(H,18,19)(H,20,21). The van der Waals surface area contributed by atoms with Crippen LogP contribution < -0.4 is 10.6 Å². The first kappa shape index (κ1) is 13.5. The highest BCUT2D eigenvalue weighted by Crippen LogP contribution is 2.30. The van der Waals surface area contributed by atoms with Crippen molar-refractivity contribution in [1.82, 2.24) is 4.98 Å². The Hall–Kier alpha value is -2.43. The third kappa shape index (κ3) is 3.78. The summed E-state index contributed by atoms with van der Waals surface area (Å²) < 4.78 is 12.8. The molecule has 1 saturated carbocycles. The number of nitrogens with one attached hydrogen (secondary N) is 2. The van der Waals surface area contributed by atoms with Crippen molar-refractivity contribution in [3.8, 4) is 0 Å². The molecule has 0 aliphatic heterocycles. The zero-order valence-electron chi connectivity index (χ0n) is 11.5. The SMILES string of the molecule is O=C(Nc1ccc(NCc2ccc(F)cc2)nc1)C1CC1. The minimum atomic E-state index is -0.243. The van der Waals surface area contributed by atoms with Gasteiger partial charge in [0.1, 0.15) is 11.6 Å². The van der Waals surface area contributed by atoms with Crippen LogP contribution in [0, 0.1) is 11.7 Å². The normalized spacial score (nSPS) is 13.8. The second-order valence-corrected chi connectivity index (χ2v) is 5.18. The van der Waals surface area contributed by atoms with Gasteiger partial charge >= 0.3 is 0 Å². The molecule has 108 valence electrons. The summed E-state index contributed by atoms with van der Waals surface area (Å²) in [7, 11) is 0. The van der Waals surface area contributed by atoms with E-state index >= 15 is 0 Å². The fourth-order valence-corrected chi connectivity index (χ4v) is 1.96. The first-order valence-corrected chi connectivity index (χ1v) is 6.96.